The van der Waals surface area contributed by atoms with Crippen LogP contribution < -0.4 is 5.73 Å². The second-order valence-electron chi connectivity index (χ2n) is 5.75. The van der Waals surface area contributed by atoms with Crippen molar-refractivity contribution in [1.29, 1.82) is 0 Å². The third kappa shape index (κ3) is 2.43. The summed E-state index contributed by atoms with van der Waals surface area (Å²) < 4.78 is 5.17. The van der Waals surface area contributed by atoms with Crippen molar-refractivity contribution < 1.29 is 19.2 Å². The first-order valence-electron chi connectivity index (χ1n) is 5.96. The number of carbonyl (C=O) groups excluding carboxylic acids is 2. The number of primary amides is 1. The number of likely N-dealkylation sites (N-methyl/N-ethyl adjacent to an activating group) is 1. The fourth-order valence-electron chi connectivity index (χ4n) is 2.63. The molecule has 18 heavy (non-hydrogen) atoms. The van der Waals surface area contributed by atoms with Crippen molar-refractivity contribution in [1.82, 2.24) is 5.06 Å². The lowest BCUT2D eigenvalue weighted by Crippen LogP contribution is -2.64. The summed E-state index contributed by atoms with van der Waals surface area (Å²) in [5, 5.41) is 1.08. The third-order valence-corrected chi connectivity index (χ3v) is 3.62. The molecule has 2 atom stereocenters. The minimum absolute atomic E-state index is 0.0670. The van der Waals surface area contributed by atoms with Crippen LogP contribution in [0.5, 0.6) is 0 Å². The van der Waals surface area contributed by atoms with Gasteiger partial charge in [-0.3, -0.25) is 9.63 Å². The van der Waals surface area contributed by atoms with Gasteiger partial charge in [0.05, 0.1) is 7.11 Å². The molecule has 0 saturated heterocycles. The number of nitrogens with two attached hydrogens (primary N) is 1. The van der Waals surface area contributed by atoms with Crippen molar-refractivity contribution in [3.63, 3.8) is 0 Å². The summed E-state index contributed by atoms with van der Waals surface area (Å²) in [6, 6.07) is 0. The highest BCUT2D eigenvalue weighted by atomic mass is 16.7. The van der Waals surface area contributed by atoms with Crippen molar-refractivity contribution >= 4 is 12.0 Å². The minimum Gasteiger partial charge on any atom is -0.433 e. The molecule has 1 aliphatic rings. The van der Waals surface area contributed by atoms with E-state index < -0.39 is 11.7 Å². The Morgan fingerprint density at radius 3 is 2.22 bits per heavy atom. The van der Waals surface area contributed by atoms with E-state index in [1.54, 1.807) is 0 Å². The standard InChI is InChI=1S/C12H22N2O4/c1-11(2,3)8-6-7-12(8,18-10(13)16)9(15)14(4)17-5/h8H,6-7H2,1-5H3,(H2,13,16). The molecule has 6 nitrogen and oxygen atoms in total. The molecule has 0 bridgehead atoms. The zero-order valence-electron chi connectivity index (χ0n) is 11.6. The van der Waals surface area contributed by atoms with Gasteiger partial charge in [-0.2, -0.15) is 0 Å². The molecule has 6 heteroatoms. The van der Waals surface area contributed by atoms with Gasteiger partial charge in [0, 0.05) is 13.0 Å². The van der Waals surface area contributed by atoms with Crippen LogP contribution in [0.1, 0.15) is 33.6 Å². The first-order valence-corrected chi connectivity index (χ1v) is 5.96. The van der Waals surface area contributed by atoms with Gasteiger partial charge in [0.1, 0.15) is 0 Å². The van der Waals surface area contributed by atoms with Crippen LogP contribution >= 0.6 is 0 Å². The van der Waals surface area contributed by atoms with Crippen LogP contribution in [0.3, 0.4) is 0 Å². The van der Waals surface area contributed by atoms with E-state index in [1.807, 2.05) is 20.8 Å². The average Bonchev–Trinajstić information content (AvgIpc) is 2.19. The van der Waals surface area contributed by atoms with E-state index >= 15 is 0 Å². The fourth-order valence-corrected chi connectivity index (χ4v) is 2.63. The van der Waals surface area contributed by atoms with Crippen molar-refractivity contribution in [2.45, 2.75) is 39.2 Å². The number of hydrogen-bond acceptors (Lipinski definition) is 4. The van der Waals surface area contributed by atoms with Gasteiger partial charge >= 0.3 is 6.09 Å². The Bertz CT molecular complexity index is 350. The van der Waals surface area contributed by atoms with E-state index in [0.717, 1.165) is 11.5 Å². The summed E-state index contributed by atoms with van der Waals surface area (Å²) in [7, 11) is 2.88. The van der Waals surface area contributed by atoms with E-state index in [9.17, 15) is 9.59 Å². The molecule has 1 rings (SSSR count). The van der Waals surface area contributed by atoms with E-state index in [-0.39, 0.29) is 17.2 Å². The number of amides is 2. The van der Waals surface area contributed by atoms with Crippen LogP contribution in [-0.2, 0) is 14.4 Å². The van der Waals surface area contributed by atoms with Crippen LogP contribution in [-0.4, -0.2) is 36.8 Å². The number of hydrogen-bond donors (Lipinski definition) is 1. The first kappa shape index (κ1) is 14.8. The third-order valence-electron chi connectivity index (χ3n) is 3.62. The lowest BCUT2D eigenvalue weighted by molar-refractivity contribution is -0.213. The van der Waals surface area contributed by atoms with Crippen molar-refractivity contribution in [3.05, 3.63) is 0 Å². The predicted octanol–water partition coefficient (Wildman–Crippen LogP) is 1.30. The molecule has 0 aromatic carbocycles. The van der Waals surface area contributed by atoms with Crippen LogP contribution in [0.25, 0.3) is 0 Å². The quantitative estimate of drug-likeness (QED) is 0.773. The molecule has 0 aromatic heterocycles. The van der Waals surface area contributed by atoms with E-state index in [2.05, 4.69) is 0 Å². The number of ether oxygens (including phenoxy) is 1. The maximum absolute atomic E-state index is 12.3. The summed E-state index contributed by atoms with van der Waals surface area (Å²) >= 11 is 0. The van der Waals surface area contributed by atoms with Crippen LogP contribution in [0.4, 0.5) is 4.79 Å². The molecular formula is C12H22N2O4. The summed E-state index contributed by atoms with van der Waals surface area (Å²) in [6.07, 6.45) is 0.367. The summed E-state index contributed by atoms with van der Waals surface area (Å²) in [5.41, 5.74) is 3.76. The van der Waals surface area contributed by atoms with E-state index in [0.29, 0.717) is 6.42 Å². The average molecular weight is 258 g/mol. The molecule has 2 unspecified atom stereocenters. The highest BCUT2D eigenvalue weighted by Crippen LogP contribution is 2.52. The molecular weight excluding hydrogens is 236 g/mol. The zero-order valence-corrected chi connectivity index (χ0v) is 11.6. The Morgan fingerprint density at radius 2 is 1.94 bits per heavy atom. The monoisotopic (exact) mass is 258 g/mol. The number of carbonyl (C=O) groups is 2. The SMILES string of the molecule is CON(C)C(=O)C1(OC(N)=O)CCC1C(C)(C)C. The molecule has 104 valence electrons. The van der Waals surface area contributed by atoms with Crippen molar-refractivity contribution in [2.24, 2.45) is 17.1 Å². The van der Waals surface area contributed by atoms with Gasteiger partial charge in [0.2, 0.25) is 0 Å². The Hall–Kier alpha value is -1.30. The van der Waals surface area contributed by atoms with E-state index in [4.69, 9.17) is 15.3 Å². The Morgan fingerprint density at radius 1 is 1.39 bits per heavy atom. The van der Waals surface area contributed by atoms with Crippen LogP contribution in [0.15, 0.2) is 0 Å². The molecule has 0 aliphatic heterocycles. The second-order valence-corrected chi connectivity index (χ2v) is 5.75. The van der Waals surface area contributed by atoms with Gasteiger partial charge in [-0.1, -0.05) is 20.8 Å². The highest BCUT2D eigenvalue weighted by Gasteiger charge is 2.61. The van der Waals surface area contributed by atoms with Gasteiger partial charge in [-0.05, 0) is 18.3 Å². The molecule has 2 amide bonds. The van der Waals surface area contributed by atoms with Gasteiger partial charge in [-0.15, -0.1) is 0 Å². The van der Waals surface area contributed by atoms with Gasteiger partial charge in [0.15, 0.2) is 5.60 Å². The molecule has 1 fully saturated rings. The molecule has 2 N–H and O–H groups in total. The van der Waals surface area contributed by atoms with E-state index in [1.165, 1.54) is 14.2 Å². The van der Waals surface area contributed by atoms with Crippen molar-refractivity contribution in [3.8, 4) is 0 Å². The minimum atomic E-state index is -1.19. The van der Waals surface area contributed by atoms with Gasteiger partial charge in [-0.25, -0.2) is 9.86 Å². The molecule has 0 radical (unpaired) electrons. The predicted molar refractivity (Wildman–Crippen MR) is 65.4 cm³/mol. The van der Waals surface area contributed by atoms with Crippen LogP contribution in [0.2, 0.25) is 0 Å². The maximum Gasteiger partial charge on any atom is 0.405 e. The first-order chi connectivity index (χ1) is 8.15. The zero-order chi connectivity index (χ0) is 14.1. The Kier molecular flexibility index (Phi) is 3.90. The highest BCUT2D eigenvalue weighted by molar-refractivity contribution is 5.88. The van der Waals surface area contributed by atoms with Gasteiger partial charge < -0.3 is 10.5 Å². The summed E-state index contributed by atoms with van der Waals surface area (Å²) in [6.45, 7) is 6.03. The summed E-state index contributed by atoms with van der Waals surface area (Å²) in [4.78, 5) is 28.3. The van der Waals surface area contributed by atoms with Crippen molar-refractivity contribution in [2.75, 3.05) is 14.2 Å². The van der Waals surface area contributed by atoms with Gasteiger partial charge in [0.25, 0.3) is 5.91 Å². The second kappa shape index (κ2) is 4.76. The molecule has 0 heterocycles. The lowest BCUT2D eigenvalue weighted by atomic mass is 9.58. The summed E-state index contributed by atoms with van der Waals surface area (Å²) in [5.74, 6) is -0.433. The molecule has 1 saturated carbocycles. The molecule has 0 aromatic rings. The maximum atomic E-state index is 12.3. The largest absolute Gasteiger partial charge is 0.433 e. The smallest absolute Gasteiger partial charge is 0.405 e. The Balaban J connectivity index is 3.05. The number of rotatable bonds is 3. The molecule has 0 spiro atoms. The van der Waals surface area contributed by atoms with Crippen LogP contribution in [0, 0.1) is 11.3 Å². The fraction of sp³-hybridized carbons (Fsp3) is 0.833. The molecule has 1 aliphatic carbocycles. The number of nitrogens with zero attached hydrogens (tertiary/aromatic N) is 1. The lowest BCUT2D eigenvalue weighted by Gasteiger charge is -2.52. The topological polar surface area (TPSA) is 81.9 Å². The normalized spacial score (nSPS) is 27.3. The number of hydroxylamine groups is 2. The Labute approximate surface area is 107 Å².